The number of thiazole rings is 1. The molecule has 0 saturated carbocycles. The van der Waals surface area contributed by atoms with Crippen molar-refractivity contribution in [2.24, 2.45) is 0 Å². The van der Waals surface area contributed by atoms with Crippen LogP contribution in [0.2, 0.25) is 0 Å². The molecule has 0 spiro atoms. The van der Waals surface area contributed by atoms with Gasteiger partial charge in [0.05, 0.1) is 22.7 Å². The standard InChI is InChI=1S/C21H22N2O3S/c1-3-16(15-9-5-4-6-10-15)21(25)26-14-20(24)23(2)13-19-22-17-11-7-8-12-18(17)27-19/h4-12,16H,3,13-14H2,1-2H3/t16-/m0/s1. The van der Waals surface area contributed by atoms with Gasteiger partial charge in [0.15, 0.2) is 6.61 Å². The molecule has 0 radical (unpaired) electrons. The topological polar surface area (TPSA) is 59.5 Å². The van der Waals surface area contributed by atoms with Crippen molar-refractivity contribution in [2.75, 3.05) is 13.7 Å². The Kier molecular flexibility index (Phi) is 6.19. The number of nitrogens with zero attached hydrogens (tertiary/aromatic N) is 2. The van der Waals surface area contributed by atoms with Crippen LogP contribution in [-0.4, -0.2) is 35.4 Å². The Bertz CT molecular complexity index is 890. The molecule has 0 saturated heterocycles. The minimum Gasteiger partial charge on any atom is -0.455 e. The molecule has 0 aliphatic heterocycles. The molecule has 1 amide bonds. The summed E-state index contributed by atoms with van der Waals surface area (Å²) in [4.78, 5) is 30.8. The SMILES string of the molecule is CC[C@H](C(=O)OCC(=O)N(C)Cc1nc2ccccc2s1)c1ccccc1. The number of hydrogen-bond donors (Lipinski definition) is 0. The first-order chi connectivity index (χ1) is 13.1. The van der Waals surface area contributed by atoms with E-state index in [1.54, 1.807) is 18.4 Å². The van der Waals surface area contributed by atoms with Crippen LogP contribution in [0, 0.1) is 0 Å². The van der Waals surface area contributed by atoms with Crippen molar-refractivity contribution in [3.05, 3.63) is 65.2 Å². The number of rotatable bonds is 7. The van der Waals surface area contributed by atoms with Gasteiger partial charge in [-0.2, -0.15) is 0 Å². The molecule has 3 rings (SSSR count). The Hall–Kier alpha value is -2.73. The number of carbonyl (C=O) groups excluding carboxylic acids is 2. The van der Waals surface area contributed by atoms with Crippen molar-refractivity contribution in [1.82, 2.24) is 9.88 Å². The average Bonchev–Trinajstić information content (AvgIpc) is 3.09. The number of fused-ring (bicyclic) bond motifs is 1. The van der Waals surface area contributed by atoms with Crippen molar-refractivity contribution < 1.29 is 14.3 Å². The number of amides is 1. The number of benzene rings is 2. The molecule has 0 aliphatic carbocycles. The molecule has 140 valence electrons. The average molecular weight is 382 g/mol. The lowest BCUT2D eigenvalue weighted by Crippen LogP contribution is -2.31. The molecule has 1 aromatic heterocycles. The van der Waals surface area contributed by atoms with Crippen molar-refractivity contribution in [1.29, 1.82) is 0 Å². The van der Waals surface area contributed by atoms with Crippen LogP contribution in [0.1, 0.15) is 29.8 Å². The summed E-state index contributed by atoms with van der Waals surface area (Å²) in [5.74, 6) is -0.968. The zero-order valence-corrected chi connectivity index (χ0v) is 16.2. The number of hydrogen-bond acceptors (Lipinski definition) is 5. The quantitative estimate of drug-likeness (QED) is 0.580. The summed E-state index contributed by atoms with van der Waals surface area (Å²) in [6.45, 7) is 2.06. The molecule has 3 aromatic rings. The van der Waals surface area contributed by atoms with Crippen LogP contribution < -0.4 is 0 Å². The first kappa shape index (κ1) is 19.0. The highest BCUT2D eigenvalue weighted by Gasteiger charge is 2.22. The Morgan fingerprint density at radius 2 is 1.81 bits per heavy atom. The Balaban J connectivity index is 1.55. The number of para-hydroxylation sites is 1. The maximum atomic E-state index is 12.4. The lowest BCUT2D eigenvalue weighted by molar-refractivity contribution is -0.153. The minimum absolute atomic E-state index is 0.245. The van der Waals surface area contributed by atoms with Gasteiger partial charge < -0.3 is 9.64 Å². The van der Waals surface area contributed by atoms with Gasteiger partial charge in [-0.05, 0) is 24.1 Å². The molecule has 0 N–H and O–H groups in total. The van der Waals surface area contributed by atoms with E-state index < -0.39 is 0 Å². The molecule has 0 fully saturated rings. The molecule has 0 aliphatic rings. The maximum absolute atomic E-state index is 12.4. The second-order valence-electron chi connectivity index (χ2n) is 6.30. The normalized spacial score (nSPS) is 11.9. The van der Waals surface area contributed by atoms with E-state index in [0.717, 1.165) is 20.8 Å². The number of likely N-dealkylation sites (N-methyl/N-ethyl adjacent to an activating group) is 1. The zero-order chi connectivity index (χ0) is 19.2. The number of aromatic nitrogens is 1. The summed E-state index contributed by atoms with van der Waals surface area (Å²) >= 11 is 1.56. The predicted octanol–water partition coefficient (Wildman–Crippen LogP) is 3.99. The van der Waals surface area contributed by atoms with E-state index in [1.807, 2.05) is 61.5 Å². The van der Waals surface area contributed by atoms with Gasteiger partial charge in [0.2, 0.25) is 0 Å². The molecule has 2 aromatic carbocycles. The van der Waals surface area contributed by atoms with E-state index in [4.69, 9.17) is 4.74 Å². The van der Waals surface area contributed by atoms with Crippen molar-refractivity contribution in [2.45, 2.75) is 25.8 Å². The molecule has 6 heteroatoms. The zero-order valence-electron chi connectivity index (χ0n) is 15.4. The molecule has 1 atom stereocenters. The van der Waals surface area contributed by atoms with Crippen LogP contribution in [0.4, 0.5) is 0 Å². The van der Waals surface area contributed by atoms with Crippen molar-refractivity contribution in [3.63, 3.8) is 0 Å². The van der Waals surface area contributed by atoms with Gasteiger partial charge in [-0.15, -0.1) is 11.3 Å². The largest absolute Gasteiger partial charge is 0.455 e. The van der Waals surface area contributed by atoms with Gasteiger partial charge in [-0.1, -0.05) is 49.4 Å². The highest BCUT2D eigenvalue weighted by atomic mass is 32.1. The van der Waals surface area contributed by atoms with Crippen LogP contribution in [0.5, 0.6) is 0 Å². The smallest absolute Gasteiger partial charge is 0.313 e. The number of ether oxygens (including phenoxy) is 1. The number of carbonyl (C=O) groups is 2. The summed E-state index contributed by atoms with van der Waals surface area (Å²) in [6, 6.07) is 17.4. The maximum Gasteiger partial charge on any atom is 0.313 e. The lowest BCUT2D eigenvalue weighted by atomic mass is 9.97. The summed E-state index contributed by atoms with van der Waals surface area (Å²) in [6.07, 6.45) is 0.624. The second kappa shape index (κ2) is 8.77. The fraction of sp³-hybridized carbons (Fsp3) is 0.286. The van der Waals surface area contributed by atoms with Crippen LogP contribution >= 0.6 is 11.3 Å². The van der Waals surface area contributed by atoms with Crippen molar-refractivity contribution in [3.8, 4) is 0 Å². The van der Waals surface area contributed by atoms with Gasteiger partial charge in [0, 0.05) is 7.05 Å². The third-order valence-electron chi connectivity index (χ3n) is 4.37. The molecule has 0 bridgehead atoms. The third kappa shape index (κ3) is 4.71. The molecule has 0 unspecified atom stereocenters. The highest BCUT2D eigenvalue weighted by Crippen LogP contribution is 2.23. The van der Waals surface area contributed by atoms with Gasteiger partial charge in [0.25, 0.3) is 5.91 Å². The molecule has 27 heavy (non-hydrogen) atoms. The Morgan fingerprint density at radius 3 is 2.52 bits per heavy atom. The monoisotopic (exact) mass is 382 g/mol. The van der Waals surface area contributed by atoms with E-state index in [1.165, 1.54) is 4.90 Å². The van der Waals surface area contributed by atoms with Gasteiger partial charge in [-0.3, -0.25) is 9.59 Å². The van der Waals surface area contributed by atoms with E-state index >= 15 is 0 Å². The van der Waals surface area contributed by atoms with Crippen LogP contribution in [0.3, 0.4) is 0 Å². The Labute approximate surface area is 162 Å². The lowest BCUT2D eigenvalue weighted by Gasteiger charge is -2.18. The molecular formula is C21H22N2O3S. The van der Waals surface area contributed by atoms with E-state index in [2.05, 4.69) is 4.98 Å². The van der Waals surface area contributed by atoms with E-state index in [9.17, 15) is 9.59 Å². The molecule has 1 heterocycles. The molecule has 5 nitrogen and oxygen atoms in total. The first-order valence-corrected chi connectivity index (χ1v) is 9.70. The second-order valence-corrected chi connectivity index (χ2v) is 7.42. The number of esters is 1. The minimum atomic E-state index is -0.370. The van der Waals surface area contributed by atoms with Gasteiger partial charge >= 0.3 is 5.97 Å². The van der Waals surface area contributed by atoms with Crippen LogP contribution in [0.25, 0.3) is 10.2 Å². The van der Waals surface area contributed by atoms with E-state index in [0.29, 0.717) is 13.0 Å². The summed E-state index contributed by atoms with van der Waals surface area (Å²) in [5, 5.41) is 0.856. The van der Waals surface area contributed by atoms with Gasteiger partial charge in [0.1, 0.15) is 5.01 Å². The third-order valence-corrected chi connectivity index (χ3v) is 5.39. The predicted molar refractivity (Wildman–Crippen MR) is 107 cm³/mol. The van der Waals surface area contributed by atoms with Gasteiger partial charge in [-0.25, -0.2) is 4.98 Å². The summed E-state index contributed by atoms with van der Waals surface area (Å²) < 4.78 is 6.37. The summed E-state index contributed by atoms with van der Waals surface area (Å²) in [5.41, 5.74) is 1.83. The Morgan fingerprint density at radius 1 is 1.11 bits per heavy atom. The van der Waals surface area contributed by atoms with E-state index in [-0.39, 0.29) is 24.4 Å². The summed E-state index contributed by atoms with van der Waals surface area (Å²) in [7, 11) is 1.69. The van der Waals surface area contributed by atoms with Crippen LogP contribution in [0.15, 0.2) is 54.6 Å². The molecular weight excluding hydrogens is 360 g/mol. The fourth-order valence-corrected chi connectivity index (χ4v) is 3.87. The van der Waals surface area contributed by atoms with Crippen LogP contribution in [-0.2, 0) is 20.9 Å². The van der Waals surface area contributed by atoms with Crippen molar-refractivity contribution >= 4 is 33.4 Å². The highest BCUT2D eigenvalue weighted by molar-refractivity contribution is 7.18. The first-order valence-electron chi connectivity index (χ1n) is 8.88. The fourth-order valence-electron chi connectivity index (χ4n) is 2.85.